The van der Waals surface area contributed by atoms with Crippen LogP contribution in [0, 0.1) is 0 Å². The van der Waals surface area contributed by atoms with Gasteiger partial charge in [-0.1, -0.05) is 44.2 Å². The fourth-order valence-electron chi connectivity index (χ4n) is 3.38. The number of nitrogens with one attached hydrogen (secondary N) is 2. The lowest BCUT2D eigenvalue weighted by molar-refractivity contribution is 0.664. The summed E-state index contributed by atoms with van der Waals surface area (Å²) in [5, 5.41) is 20.8. The maximum absolute atomic E-state index is 4.80. The van der Waals surface area contributed by atoms with E-state index >= 15 is 0 Å². The van der Waals surface area contributed by atoms with Crippen molar-refractivity contribution in [1.82, 2.24) is 19.8 Å². The molecule has 1 fully saturated rings. The molecule has 0 aliphatic heterocycles. The van der Waals surface area contributed by atoms with E-state index in [1.54, 1.807) is 0 Å². The third-order valence-electron chi connectivity index (χ3n) is 5.25. The highest BCUT2D eigenvalue weighted by atomic mass is 15.4. The minimum atomic E-state index is 0.424. The minimum Gasteiger partial charge on any atom is -0.381 e. The predicted octanol–water partition coefficient (Wildman–Crippen LogP) is 4.26. The molecule has 6 nitrogen and oxygen atoms in total. The molecule has 1 saturated carbocycles. The van der Waals surface area contributed by atoms with Crippen LogP contribution in [0.4, 0.5) is 11.5 Å². The van der Waals surface area contributed by atoms with Gasteiger partial charge in [0.25, 0.3) is 0 Å². The van der Waals surface area contributed by atoms with Crippen LogP contribution in [0.1, 0.15) is 56.8 Å². The van der Waals surface area contributed by atoms with Gasteiger partial charge in [-0.2, -0.15) is 4.52 Å². The van der Waals surface area contributed by atoms with Crippen LogP contribution in [0.15, 0.2) is 36.4 Å². The first kappa shape index (κ1) is 17.8. The molecule has 0 amide bonds. The van der Waals surface area contributed by atoms with Gasteiger partial charge in [-0.15, -0.1) is 15.3 Å². The topological polar surface area (TPSA) is 67.1 Å². The summed E-state index contributed by atoms with van der Waals surface area (Å²) in [6.07, 6.45) is 5.48. The normalized spacial score (nSPS) is 14.0. The van der Waals surface area contributed by atoms with Crippen LogP contribution in [0.5, 0.6) is 0 Å². The van der Waals surface area contributed by atoms with Crippen molar-refractivity contribution in [3.05, 3.63) is 47.8 Å². The fraction of sp³-hybridized carbons (Fsp3) is 0.476. The molecule has 1 aliphatic rings. The molecular formula is C21H28N6. The van der Waals surface area contributed by atoms with E-state index in [0.29, 0.717) is 12.0 Å². The van der Waals surface area contributed by atoms with Crippen LogP contribution >= 0.6 is 0 Å². The Kier molecular flexibility index (Phi) is 5.23. The highest BCUT2D eigenvalue weighted by molar-refractivity contribution is 5.70. The summed E-state index contributed by atoms with van der Waals surface area (Å²) in [6.45, 7) is 5.25. The van der Waals surface area contributed by atoms with Crippen LogP contribution in [0.25, 0.3) is 5.65 Å². The zero-order chi connectivity index (χ0) is 18.6. The van der Waals surface area contributed by atoms with E-state index in [1.807, 2.05) is 4.52 Å². The number of nitrogens with zero attached hydrogens (tertiary/aromatic N) is 4. The Morgan fingerprint density at radius 3 is 2.59 bits per heavy atom. The highest BCUT2D eigenvalue weighted by Gasteiger charge is 2.30. The Hall–Kier alpha value is -2.63. The standard InChI is InChI=1S/C21H28N6/c1-3-17(4-2)23-19-14-18(22-13-12-15-8-6-5-7-9-15)21-25-24-20(16-10-11-16)27(21)26-19/h5-9,14,16-17,22H,3-4,10-13H2,1-2H3,(H,23,26). The van der Waals surface area contributed by atoms with Crippen molar-refractivity contribution in [3.8, 4) is 0 Å². The summed E-state index contributed by atoms with van der Waals surface area (Å²) in [6, 6.07) is 13.0. The van der Waals surface area contributed by atoms with Gasteiger partial charge in [0.15, 0.2) is 5.82 Å². The van der Waals surface area contributed by atoms with Gasteiger partial charge in [-0.05, 0) is 37.7 Å². The monoisotopic (exact) mass is 364 g/mol. The summed E-state index contributed by atoms with van der Waals surface area (Å²) in [4.78, 5) is 0. The molecule has 0 atom stereocenters. The molecule has 0 bridgehead atoms. The molecular weight excluding hydrogens is 336 g/mol. The van der Waals surface area contributed by atoms with Crippen LogP contribution in [0.3, 0.4) is 0 Å². The molecule has 0 spiro atoms. The van der Waals surface area contributed by atoms with Crippen LogP contribution in [0.2, 0.25) is 0 Å². The molecule has 4 rings (SSSR count). The van der Waals surface area contributed by atoms with Gasteiger partial charge in [-0.25, -0.2) is 0 Å². The summed E-state index contributed by atoms with van der Waals surface area (Å²) < 4.78 is 1.94. The molecule has 1 aliphatic carbocycles. The number of hydrogen-bond donors (Lipinski definition) is 2. The second-order valence-electron chi connectivity index (χ2n) is 7.33. The van der Waals surface area contributed by atoms with Gasteiger partial charge < -0.3 is 10.6 Å². The first-order valence-corrected chi connectivity index (χ1v) is 10.1. The summed E-state index contributed by atoms with van der Waals surface area (Å²) in [5.74, 6) is 2.39. The first-order chi connectivity index (χ1) is 13.3. The van der Waals surface area contributed by atoms with E-state index in [1.165, 1.54) is 18.4 Å². The molecule has 2 heterocycles. The number of fused-ring (bicyclic) bond motifs is 1. The smallest absolute Gasteiger partial charge is 0.201 e. The predicted molar refractivity (Wildman–Crippen MR) is 109 cm³/mol. The largest absolute Gasteiger partial charge is 0.381 e. The van der Waals surface area contributed by atoms with Gasteiger partial charge in [0.05, 0.1) is 5.69 Å². The minimum absolute atomic E-state index is 0.424. The van der Waals surface area contributed by atoms with Gasteiger partial charge >= 0.3 is 0 Å². The Morgan fingerprint density at radius 2 is 1.89 bits per heavy atom. The van der Waals surface area contributed by atoms with Gasteiger partial charge in [-0.3, -0.25) is 0 Å². The van der Waals surface area contributed by atoms with Crippen LogP contribution < -0.4 is 10.6 Å². The molecule has 6 heteroatoms. The Bertz CT molecular complexity index is 880. The number of anilines is 2. The Labute approximate surface area is 160 Å². The lowest BCUT2D eigenvalue weighted by atomic mass is 10.1. The average molecular weight is 364 g/mol. The third-order valence-corrected chi connectivity index (χ3v) is 5.25. The van der Waals surface area contributed by atoms with Gasteiger partial charge in [0, 0.05) is 24.6 Å². The summed E-state index contributed by atoms with van der Waals surface area (Å²) >= 11 is 0. The molecule has 27 heavy (non-hydrogen) atoms. The maximum Gasteiger partial charge on any atom is 0.201 e. The van der Waals surface area contributed by atoms with Crippen molar-refractivity contribution < 1.29 is 0 Å². The van der Waals surface area contributed by atoms with E-state index in [0.717, 1.165) is 48.8 Å². The maximum atomic E-state index is 4.80. The molecule has 3 aromatic rings. The van der Waals surface area contributed by atoms with E-state index < -0.39 is 0 Å². The Morgan fingerprint density at radius 1 is 1.11 bits per heavy atom. The lowest BCUT2D eigenvalue weighted by Crippen LogP contribution is -2.19. The molecule has 1 aromatic carbocycles. The van der Waals surface area contributed by atoms with E-state index in [-0.39, 0.29) is 0 Å². The van der Waals surface area contributed by atoms with Crippen molar-refractivity contribution in [2.24, 2.45) is 0 Å². The zero-order valence-corrected chi connectivity index (χ0v) is 16.2. The fourth-order valence-corrected chi connectivity index (χ4v) is 3.38. The molecule has 2 aromatic heterocycles. The summed E-state index contributed by atoms with van der Waals surface area (Å²) in [5.41, 5.74) is 3.14. The molecule has 2 N–H and O–H groups in total. The van der Waals surface area contributed by atoms with Gasteiger partial charge in [0.2, 0.25) is 5.65 Å². The number of aromatic nitrogens is 4. The summed E-state index contributed by atoms with van der Waals surface area (Å²) in [7, 11) is 0. The molecule has 0 saturated heterocycles. The van der Waals surface area contributed by atoms with Crippen molar-refractivity contribution in [2.45, 2.75) is 57.9 Å². The van der Waals surface area contributed by atoms with Crippen LogP contribution in [-0.2, 0) is 6.42 Å². The number of hydrogen-bond acceptors (Lipinski definition) is 5. The van der Waals surface area contributed by atoms with Crippen LogP contribution in [-0.4, -0.2) is 32.4 Å². The van der Waals surface area contributed by atoms with E-state index in [9.17, 15) is 0 Å². The van der Waals surface area contributed by atoms with Crippen molar-refractivity contribution in [2.75, 3.05) is 17.2 Å². The molecule has 142 valence electrons. The third kappa shape index (κ3) is 4.04. The molecule has 0 radical (unpaired) electrons. The number of benzene rings is 1. The SMILES string of the molecule is CCC(CC)Nc1cc(NCCc2ccccc2)c2nnc(C3CC3)n2n1. The zero-order valence-electron chi connectivity index (χ0n) is 16.2. The van der Waals surface area contributed by atoms with E-state index in [2.05, 4.69) is 71.1 Å². The second-order valence-corrected chi connectivity index (χ2v) is 7.33. The first-order valence-electron chi connectivity index (χ1n) is 10.1. The van der Waals surface area contributed by atoms with Crippen molar-refractivity contribution >= 4 is 17.2 Å². The van der Waals surface area contributed by atoms with Gasteiger partial charge in [0.1, 0.15) is 5.82 Å². The molecule has 0 unspecified atom stereocenters. The average Bonchev–Trinajstić information content (AvgIpc) is 3.46. The van der Waals surface area contributed by atoms with E-state index in [4.69, 9.17) is 5.10 Å². The number of rotatable bonds is 9. The highest BCUT2D eigenvalue weighted by Crippen LogP contribution is 2.39. The lowest BCUT2D eigenvalue weighted by Gasteiger charge is -2.17. The second kappa shape index (κ2) is 7.94. The van der Waals surface area contributed by atoms with Crippen molar-refractivity contribution in [3.63, 3.8) is 0 Å². The Balaban J connectivity index is 1.59. The van der Waals surface area contributed by atoms with Crippen molar-refractivity contribution in [1.29, 1.82) is 0 Å². The quantitative estimate of drug-likeness (QED) is 0.594.